The zero-order valence-electron chi connectivity index (χ0n) is 17.8. The predicted molar refractivity (Wildman–Crippen MR) is 122 cm³/mol. The Morgan fingerprint density at radius 2 is 1.71 bits per heavy atom. The van der Waals surface area contributed by atoms with E-state index in [4.69, 9.17) is 5.73 Å². The molecule has 2 N–H and O–H groups in total. The maximum absolute atomic E-state index is 13.0. The van der Waals surface area contributed by atoms with Gasteiger partial charge in [-0.3, -0.25) is 9.59 Å². The summed E-state index contributed by atoms with van der Waals surface area (Å²) in [6.45, 7) is 4.77. The second kappa shape index (κ2) is 8.59. The molecule has 2 aromatic carbocycles. The van der Waals surface area contributed by atoms with E-state index in [1.807, 2.05) is 0 Å². The number of piperidine rings is 1. The van der Waals surface area contributed by atoms with E-state index < -0.39 is 5.41 Å². The van der Waals surface area contributed by atoms with Crippen molar-refractivity contribution >= 4 is 23.3 Å². The summed E-state index contributed by atoms with van der Waals surface area (Å²) >= 11 is 1.10. The van der Waals surface area contributed by atoms with Crippen molar-refractivity contribution in [1.82, 2.24) is 14.5 Å². The zero-order chi connectivity index (χ0) is 22.0. The van der Waals surface area contributed by atoms with Gasteiger partial charge >= 0.3 is 0 Å². The van der Waals surface area contributed by atoms with Crippen molar-refractivity contribution < 1.29 is 9.59 Å². The summed E-state index contributed by atoms with van der Waals surface area (Å²) in [7, 11) is 0. The molecule has 1 aliphatic heterocycles. The molecule has 4 rings (SSSR count). The van der Waals surface area contributed by atoms with Crippen molar-refractivity contribution in [3.05, 3.63) is 70.2 Å². The Bertz CT molecular complexity index is 1090. The van der Waals surface area contributed by atoms with E-state index in [1.165, 1.54) is 5.56 Å². The summed E-state index contributed by atoms with van der Waals surface area (Å²) in [4.78, 5) is 27.8. The lowest BCUT2D eigenvalue weighted by molar-refractivity contribution is -0.130. The molecule has 2 heterocycles. The van der Waals surface area contributed by atoms with Crippen LogP contribution < -0.4 is 5.73 Å². The monoisotopic (exact) mass is 434 g/mol. The van der Waals surface area contributed by atoms with Gasteiger partial charge < -0.3 is 10.6 Å². The van der Waals surface area contributed by atoms with Gasteiger partial charge in [0.15, 0.2) is 0 Å². The molecule has 1 saturated heterocycles. The maximum Gasteiger partial charge on any atom is 0.267 e. The fourth-order valence-corrected chi connectivity index (χ4v) is 4.89. The lowest BCUT2D eigenvalue weighted by Gasteiger charge is -2.40. The number of hydrogen-bond donors (Lipinski definition) is 1. The lowest BCUT2D eigenvalue weighted by Crippen LogP contribution is -2.53. The van der Waals surface area contributed by atoms with Gasteiger partial charge in [-0.2, -0.15) is 0 Å². The second-order valence-corrected chi connectivity index (χ2v) is 9.16. The summed E-state index contributed by atoms with van der Waals surface area (Å²) in [6.07, 6.45) is 1.92. The van der Waals surface area contributed by atoms with Gasteiger partial charge in [-0.1, -0.05) is 58.6 Å². The Balaban J connectivity index is 1.54. The molecule has 0 aliphatic carbocycles. The number of carbonyl (C=O) groups excluding carboxylic acids is 2. The molecule has 2 amide bonds. The first-order valence-electron chi connectivity index (χ1n) is 10.4. The molecule has 1 fully saturated rings. The van der Waals surface area contributed by atoms with Crippen LogP contribution in [0, 0.1) is 19.3 Å². The average molecular weight is 435 g/mol. The number of carbonyl (C=O) groups is 2. The number of likely N-dealkylation sites (tertiary alicyclic amines) is 1. The first kappa shape index (κ1) is 21.2. The van der Waals surface area contributed by atoms with Crippen LogP contribution in [-0.4, -0.2) is 39.4 Å². The highest BCUT2D eigenvalue weighted by molar-refractivity contribution is 7.07. The van der Waals surface area contributed by atoms with Gasteiger partial charge in [-0.15, -0.1) is 5.10 Å². The number of aryl methyl sites for hydroxylation is 2. The molecule has 1 unspecified atom stereocenters. The number of aromatic nitrogens is 2. The van der Waals surface area contributed by atoms with Gasteiger partial charge in [0, 0.05) is 13.1 Å². The minimum Gasteiger partial charge on any atom is -0.369 e. The van der Waals surface area contributed by atoms with Crippen LogP contribution in [0.3, 0.4) is 0 Å². The molecule has 31 heavy (non-hydrogen) atoms. The third-order valence-electron chi connectivity index (χ3n) is 6.11. The van der Waals surface area contributed by atoms with Gasteiger partial charge in [0.2, 0.25) is 5.91 Å². The minimum absolute atomic E-state index is 0.118. The first-order valence-corrected chi connectivity index (χ1v) is 11.2. The van der Waals surface area contributed by atoms with Crippen LogP contribution in [0.2, 0.25) is 0 Å². The van der Waals surface area contributed by atoms with Crippen LogP contribution in [0.1, 0.15) is 39.3 Å². The minimum atomic E-state index is -0.773. The molecule has 7 heteroatoms. The molecule has 0 saturated carbocycles. The van der Waals surface area contributed by atoms with Crippen LogP contribution in [0.5, 0.6) is 0 Å². The molecular weight excluding hydrogens is 408 g/mol. The van der Waals surface area contributed by atoms with Crippen molar-refractivity contribution in [2.45, 2.75) is 33.1 Å². The van der Waals surface area contributed by atoms with Crippen LogP contribution in [0.15, 0.2) is 48.5 Å². The van der Waals surface area contributed by atoms with Crippen LogP contribution in [0.25, 0.3) is 11.1 Å². The fraction of sp³-hybridized carbons (Fsp3) is 0.333. The summed E-state index contributed by atoms with van der Waals surface area (Å²) in [5.74, 6) is -0.473. The molecule has 160 valence electrons. The number of rotatable bonds is 5. The molecule has 3 aromatic rings. The quantitative estimate of drug-likeness (QED) is 0.662. The highest BCUT2D eigenvalue weighted by Gasteiger charge is 2.42. The Labute approximate surface area is 186 Å². The fourth-order valence-electron chi connectivity index (χ4n) is 4.26. The van der Waals surface area contributed by atoms with Gasteiger partial charge in [0.25, 0.3) is 5.91 Å². The lowest BCUT2D eigenvalue weighted by atomic mass is 9.74. The third kappa shape index (κ3) is 4.37. The molecule has 1 aromatic heterocycles. The van der Waals surface area contributed by atoms with Gasteiger partial charge in [-0.25, -0.2) is 0 Å². The second-order valence-electron chi connectivity index (χ2n) is 8.40. The Morgan fingerprint density at radius 1 is 1.06 bits per heavy atom. The van der Waals surface area contributed by atoms with Gasteiger partial charge in [-0.05, 0) is 61.3 Å². The van der Waals surface area contributed by atoms with Crippen molar-refractivity contribution in [3.63, 3.8) is 0 Å². The summed E-state index contributed by atoms with van der Waals surface area (Å²) < 4.78 is 3.87. The van der Waals surface area contributed by atoms with E-state index in [9.17, 15) is 9.59 Å². The molecule has 1 aliphatic rings. The average Bonchev–Trinajstić information content (AvgIpc) is 3.20. The molecule has 0 radical (unpaired) electrons. The number of hydrogen-bond acceptors (Lipinski definition) is 5. The van der Waals surface area contributed by atoms with Crippen LogP contribution in [-0.2, 0) is 11.2 Å². The highest BCUT2D eigenvalue weighted by atomic mass is 32.1. The highest BCUT2D eigenvalue weighted by Crippen LogP contribution is 2.35. The topological polar surface area (TPSA) is 89.2 Å². The Morgan fingerprint density at radius 3 is 2.29 bits per heavy atom. The van der Waals surface area contributed by atoms with Gasteiger partial charge in [0.1, 0.15) is 4.88 Å². The number of benzene rings is 2. The molecule has 0 spiro atoms. The Kier molecular flexibility index (Phi) is 5.87. The Hall–Kier alpha value is -3.06. The van der Waals surface area contributed by atoms with E-state index in [2.05, 4.69) is 65.0 Å². The number of primary amides is 1. The maximum atomic E-state index is 13.0. The largest absolute Gasteiger partial charge is 0.369 e. The predicted octanol–water partition coefficient (Wildman–Crippen LogP) is 3.77. The zero-order valence-corrected chi connectivity index (χ0v) is 18.6. The third-order valence-corrected chi connectivity index (χ3v) is 6.93. The van der Waals surface area contributed by atoms with Crippen LogP contribution >= 0.6 is 11.5 Å². The van der Waals surface area contributed by atoms with Gasteiger partial charge in [0.05, 0.1) is 11.1 Å². The summed E-state index contributed by atoms with van der Waals surface area (Å²) in [5.41, 5.74) is 10.3. The van der Waals surface area contributed by atoms with Crippen molar-refractivity contribution in [2.75, 3.05) is 13.1 Å². The van der Waals surface area contributed by atoms with E-state index >= 15 is 0 Å². The number of amides is 2. The normalized spacial score (nSPS) is 18.7. The summed E-state index contributed by atoms with van der Waals surface area (Å²) in [5, 5.41) is 3.94. The van der Waals surface area contributed by atoms with E-state index in [0.29, 0.717) is 36.5 Å². The van der Waals surface area contributed by atoms with E-state index in [0.717, 1.165) is 34.6 Å². The van der Waals surface area contributed by atoms with Crippen molar-refractivity contribution in [1.29, 1.82) is 0 Å². The summed E-state index contributed by atoms with van der Waals surface area (Å²) in [6, 6.07) is 16.7. The van der Waals surface area contributed by atoms with Crippen molar-refractivity contribution in [3.8, 4) is 11.1 Å². The molecule has 0 bridgehead atoms. The van der Waals surface area contributed by atoms with E-state index in [1.54, 1.807) is 11.8 Å². The smallest absolute Gasteiger partial charge is 0.267 e. The van der Waals surface area contributed by atoms with E-state index in [-0.39, 0.29) is 11.8 Å². The number of nitrogens with zero attached hydrogens (tertiary/aromatic N) is 3. The molecule has 1 atom stereocenters. The number of nitrogens with two attached hydrogens (primary N) is 1. The molecule has 6 nitrogen and oxygen atoms in total. The molecular formula is C24H26N4O2S. The van der Waals surface area contributed by atoms with Crippen molar-refractivity contribution in [2.24, 2.45) is 11.1 Å². The SMILES string of the molecule is Cc1ccc(-c2ccc(CC3(C(N)=O)CCCN(C(=O)c4snnc4C)C3)cc2)cc1. The van der Waals surface area contributed by atoms with Crippen LogP contribution in [0.4, 0.5) is 0 Å². The standard InChI is InChI=1S/C24H26N4O2S/c1-16-4-8-19(9-5-16)20-10-6-18(7-11-20)14-24(23(25)30)12-3-13-28(15-24)22(29)21-17(2)26-27-31-21/h4-11H,3,12-15H2,1-2H3,(H2,25,30). The first-order chi connectivity index (χ1) is 14.9.